The van der Waals surface area contributed by atoms with Gasteiger partial charge in [-0.1, -0.05) is 6.07 Å². The third-order valence-electron chi connectivity index (χ3n) is 4.98. The summed E-state index contributed by atoms with van der Waals surface area (Å²) < 4.78 is 5.94. The first kappa shape index (κ1) is 14.9. The van der Waals surface area contributed by atoms with Crippen LogP contribution in [0.15, 0.2) is 18.2 Å². The summed E-state index contributed by atoms with van der Waals surface area (Å²) in [4.78, 5) is 2.49. The van der Waals surface area contributed by atoms with E-state index in [1.807, 2.05) is 0 Å². The number of benzene rings is 1. The van der Waals surface area contributed by atoms with Crippen molar-refractivity contribution in [1.82, 2.24) is 10.2 Å². The maximum atomic E-state index is 5.94. The molecule has 2 heterocycles. The van der Waals surface area contributed by atoms with Gasteiger partial charge in [0.15, 0.2) is 0 Å². The molecule has 0 amide bonds. The van der Waals surface area contributed by atoms with Crippen molar-refractivity contribution in [2.75, 3.05) is 20.2 Å². The van der Waals surface area contributed by atoms with Gasteiger partial charge in [0.25, 0.3) is 0 Å². The Bertz CT molecular complexity index is 456. The van der Waals surface area contributed by atoms with Crippen LogP contribution in [0.4, 0.5) is 0 Å². The monoisotopic (exact) mass is 288 g/mol. The Hall–Kier alpha value is -1.06. The molecular weight excluding hydrogens is 260 g/mol. The zero-order valence-electron chi connectivity index (χ0n) is 13.6. The van der Waals surface area contributed by atoms with Crippen molar-refractivity contribution < 1.29 is 4.74 Å². The quantitative estimate of drug-likeness (QED) is 0.901. The van der Waals surface area contributed by atoms with Gasteiger partial charge in [0, 0.05) is 24.7 Å². The average Bonchev–Trinajstić information content (AvgIpc) is 2.76. The second kappa shape index (κ2) is 6.37. The molecule has 3 nitrogen and oxygen atoms in total. The molecule has 1 aromatic carbocycles. The predicted octanol–water partition coefficient (Wildman–Crippen LogP) is 2.90. The van der Waals surface area contributed by atoms with Crippen molar-refractivity contribution in [3.8, 4) is 5.75 Å². The Labute approximate surface area is 128 Å². The van der Waals surface area contributed by atoms with Crippen molar-refractivity contribution >= 4 is 0 Å². The van der Waals surface area contributed by atoms with Gasteiger partial charge in [-0.2, -0.15) is 0 Å². The average molecular weight is 288 g/mol. The summed E-state index contributed by atoms with van der Waals surface area (Å²) >= 11 is 0. The Morgan fingerprint density at radius 1 is 1.10 bits per heavy atom. The van der Waals surface area contributed by atoms with Crippen LogP contribution in [0.1, 0.15) is 36.8 Å². The van der Waals surface area contributed by atoms with E-state index in [1.165, 1.54) is 36.8 Å². The lowest BCUT2D eigenvalue weighted by atomic mass is 9.99. The summed E-state index contributed by atoms with van der Waals surface area (Å²) in [5.41, 5.74) is 2.54. The van der Waals surface area contributed by atoms with Gasteiger partial charge in [0.05, 0.1) is 0 Å². The van der Waals surface area contributed by atoms with Gasteiger partial charge in [-0.05, 0) is 69.8 Å². The van der Waals surface area contributed by atoms with Crippen LogP contribution in [0.2, 0.25) is 0 Å². The molecule has 2 fully saturated rings. The van der Waals surface area contributed by atoms with E-state index in [0.717, 1.165) is 37.0 Å². The maximum Gasteiger partial charge on any atom is 0.119 e. The van der Waals surface area contributed by atoms with E-state index in [4.69, 9.17) is 4.74 Å². The first-order valence-corrected chi connectivity index (χ1v) is 8.27. The maximum absolute atomic E-state index is 5.94. The van der Waals surface area contributed by atoms with Crippen LogP contribution < -0.4 is 10.1 Å². The zero-order chi connectivity index (χ0) is 14.8. The Morgan fingerprint density at radius 3 is 2.33 bits per heavy atom. The highest BCUT2D eigenvalue weighted by molar-refractivity contribution is 5.32. The van der Waals surface area contributed by atoms with Crippen LogP contribution in [0.25, 0.3) is 0 Å². The third kappa shape index (κ3) is 3.78. The molecule has 2 atom stereocenters. The van der Waals surface area contributed by atoms with Gasteiger partial charge in [0.2, 0.25) is 0 Å². The molecular formula is C18H28N2O. The highest BCUT2D eigenvalue weighted by Gasteiger charge is 2.34. The van der Waals surface area contributed by atoms with Crippen LogP contribution >= 0.6 is 0 Å². The molecule has 116 valence electrons. The number of nitrogens with zero attached hydrogens (tertiary/aromatic N) is 1. The SMILES string of the molecule is Cc1cc(C)cc(OCCN(C)C2CC3CCC(C2)N3)c1. The van der Waals surface area contributed by atoms with Gasteiger partial charge < -0.3 is 10.1 Å². The van der Waals surface area contributed by atoms with Gasteiger partial charge in [0.1, 0.15) is 12.4 Å². The van der Waals surface area contributed by atoms with Crippen molar-refractivity contribution in [3.63, 3.8) is 0 Å². The number of hydrogen-bond donors (Lipinski definition) is 1. The van der Waals surface area contributed by atoms with E-state index in [1.54, 1.807) is 0 Å². The molecule has 0 aliphatic carbocycles. The number of piperidine rings is 1. The fourth-order valence-corrected chi connectivity index (χ4v) is 3.89. The second-order valence-electron chi connectivity index (χ2n) is 6.92. The zero-order valence-corrected chi connectivity index (χ0v) is 13.6. The molecule has 2 saturated heterocycles. The molecule has 0 saturated carbocycles. The molecule has 2 aliphatic rings. The molecule has 0 spiro atoms. The summed E-state index contributed by atoms with van der Waals surface area (Å²) in [6.45, 7) is 6.03. The van der Waals surface area contributed by atoms with Gasteiger partial charge in [-0.15, -0.1) is 0 Å². The van der Waals surface area contributed by atoms with Crippen LogP contribution in [0.5, 0.6) is 5.75 Å². The molecule has 0 aromatic heterocycles. The molecule has 1 aromatic rings. The minimum atomic E-state index is 0.728. The molecule has 0 radical (unpaired) electrons. The summed E-state index contributed by atoms with van der Waals surface area (Å²) in [6, 6.07) is 8.68. The second-order valence-corrected chi connectivity index (χ2v) is 6.92. The molecule has 3 rings (SSSR count). The molecule has 3 heteroatoms. The lowest BCUT2D eigenvalue weighted by Crippen LogP contribution is -2.47. The number of nitrogens with one attached hydrogen (secondary N) is 1. The van der Waals surface area contributed by atoms with E-state index in [2.05, 4.69) is 49.3 Å². The van der Waals surface area contributed by atoms with Crippen LogP contribution in [-0.4, -0.2) is 43.2 Å². The smallest absolute Gasteiger partial charge is 0.119 e. The van der Waals surface area contributed by atoms with Crippen LogP contribution in [0.3, 0.4) is 0 Å². The van der Waals surface area contributed by atoms with Gasteiger partial charge in [-0.3, -0.25) is 4.90 Å². The largest absolute Gasteiger partial charge is 0.492 e. The van der Waals surface area contributed by atoms with E-state index >= 15 is 0 Å². The number of fused-ring (bicyclic) bond motifs is 2. The Morgan fingerprint density at radius 2 is 1.71 bits per heavy atom. The molecule has 1 N–H and O–H groups in total. The van der Waals surface area contributed by atoms with E-state index in [-0.39, 0.29) is 0 Å². The summed E-state index contributed by atoms with van der Waals surface area (Å²) in [5.74, 6) is 1.01. The van der Waals surface area contributed by atoms with Crippen molar-refractivity contribution in [3.05, 3.63) is 29.3 Å². The van der Waals surface area contributed by atoms with Crippen LogP contribution in [-0.2, 0) is 0 Å². The number of likely N-dealkylation sites (N-methyl/N-ethyl adjacent to an activating group) is 1. The van der Waals surface area contributed by atoms with Gasteiger partial charge >= 0.3 is 0 Å². The van der Waals surface area contributed by atoms with E-state index in [9.17, 15) is 0 Å². The van der Waals surface area contributed by atoms with Crippen molar-refractivity contribution in [2.45, 2.75) is 57.7 Å². The number of ether oxygens (including phenoxy) is 1. The molecule has 2 unspecified atom stereocenters. The highest BCUT2D eigenvalue weighted by atomic mass is 16.5. The van der Waals surface area contributed by atoms with E-state index in [0.29, 0.717) is 0 Å². The first-order valence-electron chi connectivity index (χ1n) is 8.27. The fourth-order valence-electron chi connectivity index (χ4n) is 3.89. The Kier molecular flexibility index (Phi) is 4.51. The van der Waals surface area contributed by atoms with Gasteiger partial charge in [-0.25, -0.2) is 0 Å². The fraction of sp³-hybridized carbons (Fsp3) is 0.667. The first-order chi connectivity index (χ1) is 10.1. The topological polar surface area (TPSA) is 24.5 Å². The standard InChI is InChI=1S/C18H28N2O/c1-13-8-14(2)10-18(9-13)21-7-6-20(3)17-11-15-4-5-16(12-17)19-15/h8-10,15-17,19H,4-7,11-12H2,1-3H3. The van der Waals surface area contributed by atoms with E-state index < -0.39 is 0 Å². The minimum Gasteiger partial charge on any atom is -0.492 e. The Balaban J connectivity index is 1.46. The lowest BCUT2D eigenvalue weighted by molar-refractivity contribution is 0.147. The highest BCUT2D eigenvalue weighted by Crippen LogP contribution is 2.29. The number of hydrogen-bond acceptors (Lipinski definition) is 3. The number of aryl methyl sites for hydroxylation is 2. The van der Waals surface area contributed by atoms with Crippen molar-refractivity contribution in [1.29, 1.82) is 0 Å². The van der Waals surface area contributed by atoms with Crippen molar-refractivity contribution in [2.24, 2.45) is 0 Å². The summed E-state index contributed by atoms with van der Waals surface area (Å²) in [5, 5.41) is 3.71. The molecule has 2 aliphatic heterocycles. The number of rotatable bonds is 5. The molecule has 2 bridgehead atoms. The minimum absolute atomic E-state index is 0.728. The predicted molar refractivity (Wildman–Crippen MR) is 87.0 cm³/mol. The molecule has 21 heavy (non-hydrogen) atoms. The van der Waals surface area contributed by atoms with Crippen LogP contribution in [0, 0.1) is 13.8 Å². The summed E-state index contributed by atoms with van der Waals surface area (Å²) in [6.07, 6.45) is 5.34. The third-order valence-corrected chi connectivity index (χ3v) is 4.98. The summed E-state index contributed by atoms with van der Waals surface area (Å²) in [7, 11) is 2.25. The normalized spacial score (nSPS) is 28.1. The lowest BCUT2D eigenvalue weighted by Gasteiger charge is -2.35.